The van der Waals surface area contributed by atoms with Crippen LogP contribution in [0.1, 0.15) is 0 Å². The molecule has 1 aromatic heterocycles. The van der Waals surface area contributed by atoms with E-state index >= 15 is 0 Å². The lowest BCUT2D eigenvalue weighted by molar-refractivity contribution is 0.588. The van der Waals surface area contributed by atoms with Crippen LogP contribution in [0.4, 0.5) is 4.39 Å². The van der Waals surface area contributed by atoms with E-state index in [9.17, 15) is 4.39 Å². The first-order valence-electron chi connectivity index (χ1n) is 7.89. The van der Waals surface area contributed by atoms with Crippen molar-refractivity contribution in [1.29, 1.82) is 0 Å². The van der Waals surface area contributed by atoms with Crippen molar-refractivity contribution in [2.24, 2.45) is 0 Å². The van der Waals surface area contributed by atoms with Gasteiger partial charge in [0, 0.05) is 26.7 Å². The van der Waals surface area contributed by atoms with Gasteiger partial charge in [-0.3, -0.25) is 0 Å². The third-order valence-electron chi connectivity index (χ3n) is 3.94. The highest BCUT2D eigenvalue weighted by Crippen LogP contribution is 2.36. The van der Waals surface area contributed by atoms with Crippen LogP contribution in [-0.4, -0.2) is 4.98 Å². The minimum absolute atomic E-state index is 0.306. The molecule has 0 aliphatic carbocycles. The van der Waals surface area contributed by atoms with Crippen molar-refractivity contribution >= 4 is 23.2 Å². The maximum Gasteiger partial charge on any atom is 0.227 e. The molecule has 128 valence electrons. The molecule has 0 aliphatic heterocycles. The molecule has 0 saturated carbocycles. The number of nitrogens with zero attached hydrogens (tertiary/aromatic N) is 1. The van der Waals surface area contributed by atoms with E-state index in [0.717, 1.165) is 16.7 Å². The number of hydrogen-bond donors (Lipinski definition) is 0. The van der Waals surface area contributed by atoms with Gasteiger partial charge < -0.3 is 4.42 Å². The summed E-state index contributed by atoms with van der Waals surface area (Å²) in [5.41, 5.74) is 3.07. The van der Waals surface area contributed by atoms with Crippen molar-refractivity contribution in [3.63, 3.8) is 0 Å². The van der Waals surface area contributed by atoms with Gasteiger partial charge in [-0.25, -0.2) is 9.37 Å². The van der Waals surface area contributed by atoms with Gasteiger partial charge >= 0.3 is 0 Å². The fourth-order valence-corrected chi connectivity index (χ4v) is 2.89. The molecule has 0 spiro atoms. The normalized spacial score (nSPS) is 10.9. The van der Waals surface area contributed by atoms with Crippen LogP contribution in [0.2, 0.25) is 10.0 Å². The molecule has 0 amide bonds. The van der Waals surface area contributed by atoms with Gasteiger partial charge in [0.25, 0.3) is 0 Å². The molecule has 4 rings (SSSR count). The molecule has 3 aromatic carbocycles. The van der Waals surface area contributed by atoms with Gasteiger partial charge in [-0.1, -0.05) is 35.3 Å². The Labute approximate surface area is 159 Å². The van der Waals surface area contributed by atoms with Gasteiger partial charge in [-0.2, -0.15) is 0 Å². The molecule has 0 saturated heterocycles. The second-order valence-corrected chi connectivity index (χ2v) is 6.59. The Kier molecular flexibility index (Phi) is 4.49. The molecule has 0 atom stereocenters. The van der Waals surface area contributed by atoms with Gasteiger partial charge in [-0.05, 0) is 60.7 Å². The van der Waals surface area contributed by atoms with Crippen LogP contribution in [0, 0.1) is 5.82 Å². The lowest BCUT2D eigenvalue weighted by Crippen LogP contribution is -1.83. The third kappa shape index (κ3) is 3.36. The molecule has 1 heterocycles. The Hall–Kier alpha value is -2.62. The minimum Gasteiger partial charge on any atom is -0.435 e. The van der Waals surface area contributed by atoms with Crippen LogP contribution in [0.15, 0.2) is 77.2 Å². The van der Waals surface area contributed by atoms with E-state index in [2.05, 4.69) is 4.98 Å². The SMILES string of the molecule is Fc1ccc(-c2oc(-c3ccc(Cl)cc3)nc2-c2ccc(Cl)cc2)cc1. The summed E-state index contributed by atoms with van der Waals surface area (Å²) in [6.45, 7) is 0. The Morgan fingerprint density at radius 3 is 1.73 bits per heavy atom. The van der Waals surface area contributed by atoms with E-state index in [1.54, 1.807) is 36.4 Å². The largest absolute Gasteiger partial charge is 0.435 e. The molecular formula is C21H12Cl2FNO. The van der Waals surface area contributed by atoms with Crippen molar-refractivity contribution in [2.75, 3.05) is 0 Å². The minimum atomic E-state index is -0.306. The van der Waals surface area contributed by atoms with Crippen LogP contribution < -0.4 is 0 Å². The zero-order chi connectivity index (χ0) is 18.1. The highest BCUT2D eigenvalue weighted by Gasteiger charge is 2.18. The van der Waals surface area contributed by atoms with E-state index in [-0.39, 0.29) is 5.82 Å². The maximum atomic E-state index is 13.3. The molecule has 4 aromatic rings. The van der Waals surface area contributed by atoms with Crippen LogP contribution in [-0.2, 0) is 0 Å². The predicted octanol–water partition coefficient (Wildman–Crippen LogP) is 7.12. The van der Waals surface area contributed by atoms with Crippen molar-refractivity contribution in [3.05, 3.63) is 88.7 Å². The van der Waals surface area contributed by atoms with Crippen LogP contribution >= 0.6 is 23.2 Å². The smallest absolute Gasteiger partial charge is 0.227 e. The second kappa shape index (κ2) is 6.94. The second-order valence-electron chi connectivity index (χ2n) is 5.72. The first-order chi connectivity index (χ1) is 12.6. The summed E-state index contributed by atoms with van der Waals surface area (Å²) in [4.78, 5) is 4.66. The Morgan fingerprint density at radius 2 is 1.15 bits per heavy atom. The predicted molar refractivity (Wildman–Crippen MR) is 103 cm³/mol. The van der Waals surface area contributed by atoms with Crippen molar-refractivity contribution in [3.8, 4) is 34.0 Å². The lowest BCUT2D eigenvalue weighted by Gasteiger charge is -2.02. The summed E-state index contributed by atoms with van der Waals surface area (Å²) in [6, 6.07) is 20.7. The summed E-state index contributed by atoms with van der Waals surface area (Å²) in [5.74, 6) is 0.724. The van der Waals surface area contributed by atoms with Crippen LogP contribution in [0.5, 0.6) is 0 Å². The summed E-state index contributed by atoms with van der Waals surface area (Å²) in [6.07, 6.45) is 0. The molecule has 26 heavy (non-hydrogen) atoms. The molecule has 0 aliphatic rings. The highest BCUT2D eigenvalue weighted by atomic mass is 35.5. The van der Waals surface area contributed by atoms with Crippen molar-refractivity contribution in [1.82, 2.24) is 4.98 Å². The summed E-state index contributed by atoms with van der Waals surface area (Å²) in [7, 11) is 0. The molecule has 5 heteroatoms. The van der Waals surface area contributed by atoms with E-state index in [1.807, 2.05) is 24.3 Å². The van der Waals surface area contributed by atoms with Crippen LogP contribution in [0.3, 0.4) is 0 Å². The number of hydrogen-bond acceptors (Lipinski definition) is 2. The Morgan fingerprint density at radius 1 is 0.654 bits per heavy atom. The quantitative estimate of drug-likeness (QED) is 0.376. The fourth-order valence-electron chi connectivity index (χ4n) is 2.64. The van der Waals surface area contributed by atoms with Gasteiger partial charge in [0.15, 0.2) is 5.76 Å². The average Bonchev–Trinajstić information content (AvgIpc) is 3.09. The highest BCUT2D eigenvalue weighted by molar-refractivity contribution is 6.30. The molecule has 0 bridgehead atoms. The topological polar surface area (TPSA) is 26.0 Å². The number of halogens is 3. The fraction of sp³-hybridized carbons (Fsp3) is 0. The molecule has 0 N–H and O–H groups in total. The maximum absolute atomic E-state index is 13.3. The molecule has 2 nitrogen and oxygen atoms in total. The van der Waals surface area contributed by atoms with Crippen LogP contribution in [0.25, 0.3) is 34.0 Å². The van der Waals surface area contributed by atoms with Gasteiger partial charge in [-0.15, -0.1) is 0 Å². The average molecular weight is 384 g/mol. The summed E-state index contributed by atoms with van der Waals surface area (Å²) < 4.78 is 19.3. The first kappa shape index (κ1) is 16.8. The number of oxazole rings is 1. The Bertz CT molecular complexity index is 976. The van der Waals surface area contributed by atoms with Gasteiger partial charge in [0.05, 0.1) is 0 Å². The van der Waals surface area contributed by atoms with Crippen molar-refractivity contribution in [2.45, 2.75) is 0 Å². The van der Waals surface area contributed by atoms with E-state index in [0.29, 0.717) is 27.4 Å². The molecular weight excluding hydrogens is 372 g/mol. The van der Waals surface area contributed by atoms with E-state index in [4.69, 9.17) is 27.6 Å². The lowest BCUT2D eigenvalue weighted by atomic mass is 10.1. The number of benzene rings is 3. The number of aromatic nitrogens is 1. The Balaban J connectivity index is 1.88. The summed E-state index contributed by atoms with van der Waals surface area (Å²) >= 11 is 11.9. The zero-order valence-corrected chi connectivity index (χ0v) is 14.9. The molecule has 0 radical (unpaired) electrons. The van der Waals surface area contributed by atoms with E-state index in [1.165, 1.54) is 12.1 Å². The molecule has 0 unspecified atom stereocenters. The number of rotatable bonds is 3. The molecule has 0 fully saturated rings. The summed E-state index contributed by atoms with van der Waals surface area (Å²) in [5, 5.41) is 1.27. The zero-order valence-electron chi connectivity index (χ0n) is 13.4. The van der Waals surface area contributed by atoms with Gasteiger partial charge in [0.1, 0.15) is 11.5 Å². The standard InChI is InChI=1S/C21H12Cl2FNO/c22-16-7-1-13(2-8-16)19-20(14-5-11-18(24)12-6-14)26-21(25-19)15-3-9-17(23)10-4-15/h1-12H. The van der Waals surface area contributed by atoms with E-state index < -0.39 is 0 Å². The first-order valence-corrected chi connectivity index (χ1v) is 8.64. The van der Waals surface area contributed by atoms with Gasteiger partial charge in [0.2, 0.25) is 5.89 Å². The monoisotopic (exact) mass is 383 g/mol. The third-order valence-corrected chi connectivity index (χ3v) is 4.45. The van der Waals surface area contributed by atoms with Crippen molar-refractivity contribution < 1.29 is 8.81 Å².